The van der Waals surface area contributed by atoms with Crippen LogP contribution in [0.5, 0.6) is 0 Å². The third kappa shape index (κ3) is 1.83. The summed E-state index contributed by atoms with van der Waals surface area (Å²) in [6.07, 6.45) is 4.30. The van der Waals surface area contributed by atoms with Crippen molar-refractivity contribution in [2.24, 2.45) is 28.4 Å². The van der Waals surface area contributed by atoms with Crippen LogP contribution in [0, 0.1) is 22.7 Å². The molecule has 5 rings (SSSR count). The molecule has 1 aromatic carbocycles. The van der Waals surface area contributed by atoms with Crippen LogP contribution >= 0.6 is 0 Å². The molecule has 0 aliphatic heterocycles. The molecule has 0 heterocycles. The van der Waals surface area contributed by atoms with E-state index in [9.17, 15) is 4.79 Å². The second-order valence-corrected chi connectivity index (χ2v) is 8.49. The zero-order valence-corrected chi connectivity index (χ0v) is 14.3. The van der Waals surface area contributed by atoms with Crippen molar-refractivity contribution in [1.82, 2.24) is 5.32 Å². The van der Waals surface area contributed by atoms with E-state index in [2.05, 4.69) is 49.5 Å². The Morgan fingerprint density at radius 1 is 1.26 bits per heavy atom. The Labute approximate surface area is 139 Å². The highest BCUT2D eigenvalue weighted by molar-refractivity contribution is 5.83. The van der Waals surface area contributed by atoms with Gasteiger partial charge in [0.1, 0.15) is 0 Å². The highest BCUT2D eigenvalue weighted by Crippen LogP contribution is 2.76. The van der Waals surface area contributed by atoms with Gasteiger partial charge in [0.25, 0.3) is 0 Å². The Kier molecular flexibility index (Phi) is 3.19. The molecule has 4 aliphatic rings. The number of nitrogens with two attached hydrogens (primary N) is 1. The van der Waals surface area contributed by atoms with Crippen LogP contribution in [0.25, 0.3) is 0 Å². The average Bonchev–Trinajstić information content (AvgIpc) is 2.91. The minimum Gasteiger partial charge on any atom is -0.369 e. The Balaban J connectivity index is 1.76. The van der Waals surface area contributed by atoms with Crippen molar-refractivity contribution in [3.8, 4) is 0 Å². The summed E-state index contributed by atoms with van der Waals surface area (Å²) in [5, 5.41) is 3.55. The molecule has 3 heteroatoms. The smallest absolute Gasteiger partial charge is 0.223 e. The molecule has 5 unspecified atom stereocenters. The summed E-state index contributed by atoms with van der Waals surface area (Å²) in [5.74, 6) is 0.970. The summed E-state index contributed by atoms with van der Waals surface area (Å²) >= 11 is 0. The summed E-state index contributed by atoms with van der Waals surface area (Å²) in [5.41, 5.74) is 7.51. The number of benzene rings is 1. The van der Waals surface area contributed by atoms with Gasteiger partial charge in [-0.05, 0) is 60.5 Å². The molecule has 4 fully saturated rings. The SMILES string of the molecule is CCNCC1(C)C2CC3(c4ccccc4)CC1C(C(N)=O)(C2)C3. The summed E-state index contributed by atoms with van der Waals surface area (Å²) in [6, 6.07) is 10.8. The molecule has 1 aromatic rings. The van der Waals surface area contributed by atoms with Crippen LogP contribution in [0.2, 0.25) is 0 Å². The van der Waals surface area contributed by atoms with E-state index in [1.807, 2.05) is 0 Å². The third-order valence-electron chi connectivity index (χ3n) is 7.52. The van der Waals surface area contributed by atoms with Crippen molar-refractivity contribution in [3.63, 3.8) is 0 Å². The van der Waals surface area contributed by atoms with Crippen LogP contribution in [-0.2, 0) is 10.2 Å². The minimum atomic E-state index is -0.275. The van der Waals surface area contributed by atoms with Crippen molar-refractivity contribution in [3.05, 3.63) is 35.9 Å². The summed E-state index contributed by atoms with van der Waals surface area (Å²) in [6.45, 7) is 6.56. The molecule has 5 atom stereocenters. The maximum absolute atomic E-state index is 12.5. The average molecular weight is 312 g/mol. The van der Waals surface area contributed by atoms with Crippen molar-refractivity contribution >= 4 is 5.91 Å². The Morgan fingerprint density at radius 2 is 2.00 bits per heavy atom. The monoisotopic (exact) mass is 312 g/mol. The molecule has 1 amide bonds. The maximum atomic E-state index is 12.5. The van der Waals surface area contributed by atoms with Gasteiger partial charge in [-0.15, -0.1) is 0 Å². The highest BCUT2D eigenvalue weighted by Gasteiger charge is 2.73. The first-order chi connectivity index (χ1) is 11.0. The number of hydrogen-bond donors (Lipinski definition) is 2. The number of carbonyl (C=O) groups is 1. The molecule has 0 saturated heterocycles. The first kappa shape index (κ1) is 15.2. The summed E-state index contributed by atoms with van der Waals surface area (Å²) in [7, 11) is 0. The van der Waals surface area contributed by atoms with Gasteiger partial charge in [-0.2, -0.15) is 0 Å². The van der Waals surface area contributed by atoms with E-state index >= 15 is 0 Å². The molecule has 3 N–H and O–H groups in total. The number of hydrogen-bond acceptors (Lipinski definition) is 2. The topological polar surface area (TPSA) is 55.1 Å². The van der Waals surface area contributed by atoms with Crippen LogP contribution in [0.3, 0.4) is 0 Å². The lowest BCUT2D eigenvalue weighted by atomic mass is 9.57. The van der Waals surface area contributed by atoms with Gasteiger partial charge in [0.15, 0.2) is 0 Å². The van der Waals surface area contributed by atoms with Gasteiger partial charge in [-0.3, -0.25) is 4.79 Å². The summed E-state index contributed by atoms with van der Waals surface area (Å²) < 4.78 is 0. The predicted molar refractivity (Wildman–Crippen MR) is 91.8 cm³/mol. The number of primary amides is 1. The van der Waals surface area contributed by atoms with Crippen LogP contribution in [-0.4, -0.2) is 19.0 Å². The molecular weight excluding hydrogens is 284 g/mol. The molecular formula is C20H28N2O. The maximum Gasteiger partial charge on any atom is 0.223 e. The number of rotatable bonds is 5. The van der Waals surface area contributed by atoms with E-state index in [0.717, 1.165) is 32.4 Å². The van der Waals surface area contributed by atoms with E-state index < -0.39 is 0 Å². The van der Waals surface area contributed by atoms with Gasteiger partial charge in [-0.25, -0.2) is 0 Å². The van der Waals surface area contributed by atoms with E-state index in [-0.39, 0.29) is 22.2 Å². The molecule has 124 valence electrons. The van der Waals surface area contributed by atoms with Crippen molar-refractivity contribution in [2.75, 3.05) is 13.1 Å². The fourth-order valence-corrected chi connectivity index (χ4v) is 6.50. The lowest BCUT2D eigenvalue weighted by molar-refractivity contribution is -0.130. The van der Waals surface area contributed by atoms with Gasteiger partial charge in [0.05, 0.1) is 5.41 Å². The van der Waals surface area contributed by atoms with Crippen molar-refractivity contribution < 1.29 is 4.79 Å². The zero-order valence-electron chi connectivity index (χ0n) is 14.3. The van der Waals surface area contributed by atoms with Crippen LogP contribution in [0.15, 0.2) is 30.3 Å². The van der Waals surface area contributed by atoms with Crippen LogP contribution < -0.4 is 11.1 Å². The Hall–Kier alpha value is -1.35. The van der Waals surface area contributed by atoms with E-state index in [1.165, 1.54) is 12.0 Å². The second-order valence-electron chi connectivity index (χ2n) is 8.49. The molecule has 23 heavy (non-hydrogen) atoms. The largest absolute Gasteiger partial charge is 0.369 e. The minimum absolute atomic E-state index is 0.0507. The lowest BCUT2D eigenvalue weighted by Gasteiger charge is -2.48. The highest BCUT2D eigenvalue weighted by atomic mass is 16.1. The van der Waals surface area contributed by atoms with Crippen molar-refractivity contribution in [1.29, 1.82) is 0 Å². The third-order valence-corrected chi connectivity index (χ3v) is 7.52. The van der Waals surface area contributed by atoms with E-state index in [0.29, 0.717) is 11.8 Å². The number of nitrogens with one attached hydrogen (secondary N) is 1. The fraction of sp³-hybridized carbons (Fsp3) is 0.650. The zero-order chi connectivity index (χ0) is 16.3. The molecule has 4 saturated carbocycles. The molecule has 4 bridgehead atoms. The normalized spacial score (nSPS) is 43.9. The van der Waals surface area contributed by atoms with Gasteiger partial charge in [-0.1, -0.05) is 44.2 Å². The molecule has 4 aliphatic carbocycles. The first-order valence-corrected chi connectivity index (χ1v) is 9.03. The van der Waals surface area contributed by atoms with Gasteiger partial charge in [0.2, 0.25) is 5.91 Å². The lowest BCUT2D eigenvalue weighted by Crippen LogP contribution is -2.46. The van der Waals surface area contributed by atoms with Crippen molar-refractivity contribution in [2.45, 2.75) is 44.9 Å². The number of carbonyl (C=O) groups excluding carboxylic acids is 1. The molecule has 3 nitrogen and oxygen atoms in total. The molecule has 0 spiro atoms. The van der Waals surface area contributed by atoms with Gasteiger partial charge in [0, 0.05) is 6.54 Å². The predicted octanol–water partition coefficient (Wildman–Crippen LogP) is 2.85. The summed E-state index contributed by atoms with van der Waals surface area (Å²) in [4.78, 5) is 12.5. The van der Waals surface area contributed by atoms with E-state index in [4.69, 9.17) is 5.73 Å². The Bertz CT molecular complexity index is 630. The first-order valence-electron chi connectivity index (χ1n) is 9.03. The van der Waals surface area contributed by atoms with Crippen LogP contribution in [0.1, 0.15) is 45.1 Å². The molecule has 0 radical (unpaired) electrons. The fourth-order valence-electron chi connectivity index (χ4n) is 6.50. The van der Waals surface area contributed by atoms with Gasteiger partial charge < -0.3 is 11.1 Å². The Morgan fingerprint density at radius 3 is 2.65 bits per heavy atom. The van der Waals surface area contributed by atoms with E-state index in [1.54, 1.807) is 0 Å². The van der Waals surface area contributed by atoms with Gasteiger partial charge >= 0.3 is 0 Å². The standard InChI is InChI=1S/C20H28N2O/c1-3-22-13-18(2)15-9-19(14-7-5-4-6-8-14)11-16(18)20(10-15,12-19)17(21)23/h4-8,15-16,22H,3,9-13H2,1-2H3,(H2,21,23). The number of amides is 1. The second kappa shape index (κ2) is 4.83. The molecule has 0 aromatic heterocycles. The quantitative estimate of drug-likeness (QED) is 0.878. The van der Waals surface area contributed by atoms with Crippen LogP contribution in [0.4, 0.5) is 0 Å².